The summed E-state index contributed by atoms with van der Waals surface area (Å²) in [5.41, 5.74) is -0.0252. The highest BCUT2D eigenvalue weighted by atomic mass is 35.5. The Hall–Kier alpha value is -0.940. The van der Waals surface area contributed by atoms with Crippen molar-refractivity contribution in [3.63, 3.8) is 0 Å². The number of hydrogen-bond donors (Lipinski definition) is 2. The third kappa shape index (κ3) is 2.57. The fourth-order valence-electron chi connectivity index (χ4n) is 1.95. The SMILES string of the molecule is OCC(CO)(Cc1nccs1)c1ccccc1Cl. The van der Waals surface area contributed by atoms with E-state index < -0.39 is 5.41 Å². The summed E-state index contributed by atoms with van der Waals surface area (Å²) in [6.45, 7) is -0.348. The molecule has 1 aromatic heterocycles. The van der Waals surface area contributed by atoms with Crippen molar-refractivity contribution in [2.45, 2.75) is 11.8 Å². The quantitative estimate of drug-likeness (QED) is 0.885. The van der Waals surface area contributed by atoms with Gasteiger partial charge in [-0.05, 0) is 11.6 Å². The van der Waals surface area contributed by atoms with E-state index in [1.807, 2.05) is 23.6 Å². The number of hydrogen-bond acceptors (Lipinski definition) is 4. The van der Waals surface area contributed by atoms with Gasteiger partial charge in [-0.1, -0.05) is 29.8 Å². The van der Waals surface area contributed by atoms with Crippen LogP contribution < -0.4 is 0 Å². The molecule has 2 N–H and O–H groups in total. The van der Waals surface area contributed by atoms with Gasteiger partial charge in [0.1, 0.15) is 0 Å². The third-order valence-corrected chi connectivity index (χ3v) is 4.13. The van der Waals surface area contributed by atoms with Gasteiger partial charge < -0.3 is 10.2 Å². The van der Waals surface area contributed by atoms with Crippen LogP contribution in [0.25, 0.3) is 0 Å². The van der Waals surface area contributed by atoms with Gasteiger partial charge in [0, 0.05) is 28.4 Å². The molecule has 0 atom stereocenters. The Balaban J connectivity index is 2.40. The molecule has 18 heavy (non-hydrogen) atoms. The van der Waals surface area contributed by atoms with Crippen LogP contribution in [0, 0.1) is 0 Å². The Bertz CT molecular complexity index is 497. The fourth-order valence-corrected chi connectivity index (χ4v) is 3.04. The summed E-state index contributed by atoms with van der Waals surface area (Å²) in [7, 11) is 0. The molecule has 0 radical (unpaired) electrons. The molecule has 96 valence electrons. The summed E-state index contributed by atoms with van der Waals surface area (Å²) in [6.07, 6.45) is 2.19. The second kappa shape index (κ2) is 5.80. The molecule has 5 heteroatoms. The lowest BCUT2D eigenvalue weighted by atomic mass is 9.79. The number of aliphatic hydroxyl groups excluding tert-OH is 2. The van der Waals surface area contributed by atoms with Crippen molar-refractivity contribution in [3.8, 4) is 0 Å². The highest BCUT2D eigenvalue weighted by molar-refractivity contribution is 7.09. The zero-order valence-corrected chi connectivity index (χ0v) is 11.3. The number of rotatable bonds is 5. The number of benzene rings is 1. The first-order valence-electron chi connectivity index (χ1n) is 5.57. The molecule has 2 rings (SSSR count). The minimum Gasteiger partial charge on any atom is -0.395 e. The van der Waals surface area contributed by atoms with Crippen molar-refractivity contribution < 1.29 is 10.2 Å². The van der Waals surface area contributed by atoms with Gasteiger partial charge in [0.25, 0.3) is 0 Å². The molecule has 0 aliphatic carbocycles. The van der Waals surface area contributed by atoms with Gasteiger partial charge in [-0.25, -0.2) is 4.98 Å². The van der Waals surface area contributed by atoms with Crippen LogP contribution in [0.15, 0.2) is 35.8 Å². The second-order valence-electron chi connectivity index (χ2n) is 4.18. The lowest BCUT2D eigenvalue weighted by Gasteiger charge is -2.30. The van der Waals surface area contributed by atoms with Gasteiger partial charge in [-0.2, -0.15) is 0 Å². The van der Waals surface area contributed by atoms with E-state index in [-0.39, 0.29) is 13.2 Å². The molecule has 0 unspecified atom stereocenters. The van der Waals surface area contributed by atoms with Gasteiger partial charge in [-0.15, -0.1) is 11.3 Å². The van der Waals surface area contributed by atoms with Crippen molar-refractivity contribution in [1.29, 1.82) is 0 Å². The van der Waals surface area contributed by atoms with Crippen molar-refractivity contribution in [1.82, 2.24) is 4.98 Å². The summed E-state index contributed by atoms with van der Waals surface area (Å²) < 4.78 is 0. The molecule has 1 heterocycles. The van der Waals surface area contributed by atoms with Gasteiger partial charge in [0.05, 0.1) is 18.2 Å². The molecule has 0 spiro atoms. The zero-order valence-electron chi connectivity index (χ0n) is 9.71. The smallest absolute Gasteiger partial charge is 0.0935 e. The Morgan fingerprint density at radius 1 is 1.22 bits per heavy atom. The summed E-state index contributed by atoms with van der Waals surface area (Å²) >= 11 is 7.67. The molecule has 0 aliphatic rings. The van der Waals surface area contributed by atoms with Crippen LogP contribution in [0.3, 0.4) is 0 Å². The second-order valence-corrected chi connectivity index (χ2v) is 5.57. The van der Waals surface area contributed by atoms with Gasteiger partial charge >= 0.3 is 0 Å². The molecule has 0 fully saturated rings. The number of thiazole rings is 1. The maximum Gasteiger partial charge on any atom is 0.0935 e. The lowest BCUT2D eigenvalue weighted by Crippen LogP contribution is -2.37. The molecule has 0 bridgehead atoms. The highest BCUT2D eigenvalue weighted by Crippen LogP contribution is 2.33. The monoisotopic (exact) mass is 283 g/mol. The molecule has 3 nitrogen and oxygen atoms in total. The van der Waals surface area contributed by atoms with Crippen molar-refractivity contribution >= 4 is 22.9 Å². The van der Waals surface area contributed by atoms with Crippen molar-refractivity contribution in [3.05, 3.63) is 51.4 Å². The Morgan fingerprint density at radius 3 is 2.50 bits per heavy atom. The van der Waals surface area contributed by atoms with Crippen LogP contribution in [-0.4, -0.2) is 28.4 Å². The zero-order chi connectivity index (χ0) is 13.0. The van der Waals surface area contributed by atoms with E-state index in [0.29, 0.717) is 11.4 Å². The van der Waals surface area contributed by atoms with E-state index in [4.69, 9.17) is 11.6 Å². The largest absolute Gasteiger partial charge is 0.395 e. The topological polar surface area (TPSA) is 53.4 Å². The molecule has 2 aromatic rings. The van der Waals surface area contributed by atoms with Crippen LogP contribution in [0.1, 0.15) is 10.6 Å². The van der Waals surface area contributed by atoms with E-state index in [0.717, 1.165) is 10.6 Å². The predicted molar refractivity (Wildman–Crippen MR) is 73.1 cm³/mol. The molecular weight excluding hydrogens is 270 g/mol. The molecule has 1 aromatic carbocycles. The third-order valence-electron chi connectivity index (χ3n) is 3.02. The summed E-state index contributed by atoms with van der Waals surface area (Å²) in [4.78, 5) is 4.21. The summed E-state index contributed by atoms with van der Waals surface area (Å²) in [5, 5.41) is 22.7. The normalized spacial score (nSPS) is 11.7. The molecular formula is C13H14ClNO2S. The maximum atomic E-state index is 9.71. The van der Waals surface area contributed by atoms with E-state index in [1.54, 1.807) is 12.3 Å². The first-order chi connectivity index (χ1) is 8.72. The molecule has 0 saturated carbocycles. The number of aromatic nitrogens is 1. The van der Waals surface area contributed by atoms with Crippen LogP contribution in [0.4, 0.5) is 0 Å². The minimum atomic E-state index is -0.782. The predicted octanol–water partition coefficient (Wildman–Crippen LogP) is 2.26. The Labute approximate surface area is 115 Å². The summed E-state index contributed by atoms with van der Waals surface area (Å²) in [6, 6.07) is 7.28. The van der Waals surface area contributed by atoms with Crippen LogP contribution in [-0.2, 0) is 11.8 Å². The van der Waals surface area contributed by atoms with Crippen LogP contribution in [0.5, 0.6) is 0 Å². The van der Waals surface area contributed by atoms with E-state index >= 15 is 0 Å². The average Bonchev–Trinajstić information content (AvgIpc) is 2.90. The van der Waals surface area contributed by atoms with Crippen LogP contribution in [0.2, 0.25) is 5.02 Å². The number of aliphatic hydroxyl groups is 2. The van der Waals surface area contributed by atoms with Crippen molar-refractivity contribution in [2.75, 3.05) is 13.2 Å². The lowest BCUT2D eigenvalue weighted by molar-refractivity contribution is 0.116. The summed E-state index contributed by atoms with van der Waals surface area (Å²) in [5.74, 6) is 0. The Morgan fingerprint density at radius 2 is 1.94 bits per heavy atom. The molecule has 0 saturated heterocycles. The van der Waals surface area contributed by atoms with Crippen LogP contribution >= 0.6 is 22.9 Å². The molecule has 0 amide bonds. The van der Waals surface area contributed by atoms with E-state index in [9.17, 15) is 10.2 Å². The maximum absolute atomic E-state index is 9.71. The van der Waals surface area contributed by atoms with Gasteiger partial charge in [-0.3, -0.25) is 0 Å². The molecule has 0 aliphatic heterocycles. The first-order valence-corrected chi connectivity index (χ1v) is 6.83. The highest BCUT2D eigenvalue weighted by Gasteiger charge is 2.34. The van der Waals surface area contributed by atoms with E-state index in [2.05, 4.69) is 4.98 Å². The van der Waals surface area contributed by atoms with Gasteiger partial charge in [0.15, 0.2) is 0 Å². The first kappa shape index (κ1) is 13.5. The Kier molecular flexibility index (Phi) is 4.35. The van der Waals surface area contributed by atoms with Gasteiger partial charge in [0.2, 0.25) is 0 Å². The fraction of sp³-hybridized carbons (Fsp3) is 0.308. The van der Waals surface area contributed by atoms with E-state index in [1.165, 1.54) is 11.3 Å². The number of nitrogens with zero attached hydrogens (tertiary/aromatic N) is 1. The minimum absolute atomic E-state index is 0.174. The average molecular weight is 284 g/mol. The number of halogens is 1. The van der Waals surface area contributed by atoms with Crippen molar-refractivity contribution in [2.24, 2.45) is 0 Å². The standard InChI is InChI=1S/C13H14ClNO2S/c14-11-4-2-1-3-10(11)13(8-16,9-17)7-12-15-5-6-18-12/h1-6,16-17H,7-9H2.